The Labute approximate surface area is 128 Å². The summed E-state index contributed by atoms with van der Waals surface area (Å²) in [6.07, 6.45) is 4.03. The van der Waals surface area contributed by atoms with Crippen molar-refractivity contribution >= 4 is 11.1 Å². The highest BCUT2D eigenvalue weighted by Crippen LogP contribution is 2.28. The summed E-state index contributed by atoms with van der Waals surface area (Å²) in [6, 6.07) is 16.4. The molecule has 0 saturated heterocycles. The van der Waals surface area contributed by atoms with E-state index in [0.29, 0.717) is 5.89 Å². The maximum absolute atomic E-state index is 5.99. The number of benzene rings is 2. The average Bonchev–Trinajstić information content (AvgIpc) is 3.15. The number of hydrogen-bond donors (Lipinski definition) is 0. The van der Waals surface area contributed by atoms with Gasteiger partial charge < -0.3 is 8.98 Å². The molecular formula is C19H16N2O. The number of fused-ring (bicyclic) bond motifs is 1. The minimum atomic E-state index is 0.678. The summed E-state index contributed by atoms with van der Waals surface area (Å²) in [5.74, 6) is 0.678. The molecule has 4 aromatic rings. The lowest BCUT2D eigenvalue weighted by atomic mass is 10.1. The van der Waals surface area contributed by atoms with Crippen LogP contribution in [0.2, 0.25) is 0 Å². The van der Waals surface area contributed by atoms with Crippen molar-refractivity contribution in [2.75, 3.05) is 0 Å². The molecule has 4 rings (SSSR count). The van der Waals surface area contributed by atoms with E-state index in [4.69, 9.17) is 4.42 Å². The molecule has 0 aliphatic carbocycles. The molecule has 0 fully saturated rings. The minimum Gasteiger partial charge on any atom is -0.436 e. The van der Waals surface area contributed by atoms with Crippen molar-refractivity contribution in [1.82, 2.24) is 9.55 Å². The maximum atomic E-state index is 5.99. The van der Waals surface area contributed by atoms with Gasteiger partial charge in [0.25, 0.3) is 0 Å². The first-order valence-corrected chi connectivity index (χ1v) is 7.32. The van der Waals surface area contributed by atoms with E-state index in [1.54, 1.807) is 0 Å². The Balaban J connectivity index is 1.84. The molecule has 0 atom stereocenters. The van der Waals surface area contributed by atoms with E-state index in [9.17, 15) is 0 Å². The van der Waals surface area contributed by atoms with Crippen LogP contribution in [0.3, 0.4) is 0 Å². The highest BCUT2D eigenvalue weighted by Gasteiger charge is 2.11. The van der Waals surface area contributed by atoms with Crippen LogP contribution in [0.1, 0.15) is 11.1 Å². The average molecular weight is 288 g/mol. The van der Waals surface area contributed by atoms with Crippen LogP contribution in [-0.4, -0.2) is 9.55 Å². The quantitative estimate of drug-likeness (QED) is 0.525. The first-order chi connectivity index (χ1) is 10.7. The predicted octanol–water partition coefficient (Wildman–Crippen LogP) is 4.90. The van der Waals surface area contributed by atoms with Gasteiger partial charge >= 0.3 is 0 Å². The first kappa shape index (κ1) is 12.9. The molecule has 0 aliphatic heterocycles. The Morgan fingerprint density at radius 1 is 0.955 bits per heavy atom. The smallest absolute Gasteiger partial charge is 0.227 e. The third-order valence-corrected chi connectivity index (χ3v) is 3.89. The summed E-state index contributed by atoms with van der Waals surface area (Å²) in [4.78, 5) is 4.62. The topological polar surface area (TPSA) is 31.0 Å². The zero-order chi connectivity index (χ0) is 15.1. The number of aryl methyl sites for hydroxylation is 2. The largest absolute Gasteiger partial charge is 0.436 e. The van der Waals surface area contributed by atoms with Crippen molar-refractivity contribution in [2.24, 2.45) is 0 Å². The monoisotopic (exact) mass is 288 g/mol. The van der Waals surface area contributed by atoms with E-state index in [1.165, 1.54) is 11.1 Å². The van der Waals surface area contributed by atoms with Gasteiger partial charge in [0.05, 0.1) is 0 Å². The van der Waals surface area contributed by atoms with Crippen LogP contribution in [0.15, 0.2) is 65.3 Å². The van der Waals surface area contributed by atoms with Crippen molar-refractivity contribution in [3.63, 3.8) is 0 Å². The number of rotatable bonds is 2. The molecule has 3 nitrogen and oxygen atoms in total. The molecule has 2 heterocycles. The molecule has 0 N–H and O–H groups in total. The number of hydrogen-bond acceptors (Lipinski definition) is 2. The van der Waals surface area contributed by atoms with Gasteiger partial charge in [-0.2, -0.15) is 0 Å². The second-order valence-electron chi connectivity index (χ2n) is 5.58. The van der Waals surface area contributed by atoms with E-state index in [1.807, 2.05) is 36.7 Å². The summed E-state index contributed by atoms with van der Waals surface area (Å²) in [7, 11) is 0. The Morgan fingerprint density at radius 2 is 1.77 bits per heavy atom. The molecule has 0 spiro atoms. The first-order valence-electron chi connectivity index (χ1n) is 7.32. The fourth-order valence-corrected chi connectivity index (χ4v) is 2.75. The highest BCUT2D eigenvalue weighted by atomic mass is 16.3. The van der Waals surface area contributed by atoms with Gasteiger partial charge in [-0.25, -0.2) is 4.98 Å². The van der Waals surface area contributed by atoms with Gasteiger partial charge in [-0.3, -0.25) is 0 Å². The van der Waals surface area contributed by atoms with Crippen LogP contribution in [0.25, 0.3) is 28.2 Å². The van der Waals surface area contributed by atoms with Gasteiger partial charge in [-0.15, -0.1) is 0 Å². The normalized spacial score (nSPS) is 11.2. The van der Waals surface area contributed by atoms with Crippen LogP contribution in [0.4, 0.5) is 0 Å². The molecule has 108 valence electrons. The molecular weight excluding hydrogens is 272 g/mol. The van der Waals surface area contributed by atoms with Crippen molar-refractivity contribution < 1.29 is 4.42 Å². The third kappa shape index (κ3) is 2.11. The molecule has 3 heteroatoms. The summed E-state index contributed by atoms with van der Waals surface area (Å²) in [6.45, 7) is 4.18. The predicted molar refractivity (Wildman–Crippen MR) is 88.2 cm³/mol. The van der Waals surface area contributed by atoms with Crippen molar-refractivity contribution in [3.05, 3.63) is 72.1 Å². The van der Waals surface area contributed by atoms with Crippen LogP contribution < -0.4 is 0 Å². The molecule has 0 aliphatic rings. The molecule has 2 aromatic heterocycles. The van der Waals surface area contributed by atoms with Crippen LogP contribution in [0.5, 0.6) is 0 Å². The third-order valence-electron chi connectivity index (χ3n) is 3.89. The molecule has 0 bridgehead atoms. The molecule has 0 amide bonds. The summed E-state index contributed by atoms with van der Waals surface area (Å²) in [5.41, 5.74) is 6.22. The van der Waals surface area contributed by atoms with E-state index >= 15 is 0 Å². The highest BCUT2D eigenvalue weighted by molar-refractivity contribution is 5.79. The lowest BCUT2D eigenvalue weighted by molar-refractivity contribution is 0.619. The van der Waals surface area contributed by atoms with Crippen LogP contribution in [-0.2, 0) is 0 Å². The Hall–Kier alpha value is -2.81. The van der Waals surface area contributed by atoms with Crippen LogP contribution >= 0.6 is 0 Å². The van der Waals surface area contributed by atoms with Crippen molar-refractivity contribution in [1.29, 1.82) is 0 Å². The van der Waals surface area contributed by atoms with E-state index in [-0.39, 0.29) is 0 Å². The molecule has 2 aromatic carbocycles. The second-order valence-corrected chi connectivity index (χ2v) is 5.58. The standard InChI is InChI=1S/C19H16N2O/c1-13-5-7-16(14(2)11-13)19-20-17-8-6-15(12-18(17)22-19)21-9-3-4-10-21/h3-12H,1-2H3. The SMILES string of the molecule is Cc1ccc(-c2nc3ccc(-n4cccc4)cc3o2)c(C)c1. The minimum absolute atomic E-state index is 0.678. The van der Waals surface area contributed by atoms with E-state index in [2.05, 4.69) is 47.7 Å². The molecule has 0 radical (unpaired) electrons. The van der Waals surface area contributed by atoms with Gasteiger partial charge in [0, 0.05) is 29.7 Å². The number of aromatic nitrogens is 2. The van der Waals surface area contributed by atoms with Gasteiger partial charge in [-0.1, -0.05) is 17.7 Å². The van der Waals surface area contributed by atoms with E-state index in [0.717, 1.165) is 22.4 Å². The molecule has 0 unspecified atom stereocenters. The van der Waals surface area contributed by atoms with Crippen LogP contribution in [0, 0.1) is 13.8 Å². The molecule has 0 saturated carbocycles. The zero-order valence-corrected chi connectivity index (χ0v) is 12.6. The fourth-order valence-electron chi connectivity index (χ4n) is 2.75. The zero-order valence-electron chi connectivity index (χ0n) is 12.6. The lowest BCUT2D eigenvalue weighted by Crippen LogP contribution is -1.87. The van der Waals surface area contributed by atoms with Gasteiger partial charge in [0.1, 0.15) is 5.52 Å². The van der Waals surface area contributed by atoms with Gasteiger partial charge in [0.15, 0.2) is 5.58 Å². The van der Waals surface area contributed by atoms with Gasteiger partial charge in [0.2, 0.25) is 5.89 Å². The Kier molecular flexibility index (Phi) is 2.86. The lowest BCUT2D eigenvalue weighted by Gasteiger charge is -2.02. The van der Waals surface area contributed by atoms with Crippen molar-refractivity contribution in [2.45, 2.75) is 13.8 Å². The number of oxazole rings is 1. The van der Waals surface area contributed by atoms with E-state index < -0.39 is 0 Å². The van der Waals surface area contributed by atoms with Gasteiger partial charge in [-0.05, 0) is 49.7 Å². The number of nitrogens with zero attached hydrogens (tertiary/aromatic N) is 2. The maximum Gasteiger partial charge on any atom is 0.227 e. The van der Waals surface area contributed by atoms with Crippen molar-refractivity contribution in [3.8, 4) is 17.1 Å². The summed E-state index contributed by atoms with van der Waals surface area (Å²) in [5, 5.41) is 0. The fraction of sp³-hybridized carbons (Fsp3) is 0.105. The molecule has 22 heavy (non-hydrogen) atoms. The summed E-state index contributed by atoms with van der Waals surface area (Å²) < 4.78 is 8.04. The summed E-state index contributed by atoms with van der Waals surface area (Å²) >= 11 is 0. The second kappa shape index (κ2) is 4.88. The Morgan fingerprint density at radius 3 is 2.55 bits per heavy atom. The Bertz CT molecular complexity index is 949.